The van der Waals surface area contributed by atoms with E-state index in [1.54, 1.807) is 0 Å². The molecule has 0 aliphatic rings. The summed E-state index contributed by atoms with van der Waals surface area (Å²) in [6, 6.07) is 73.5. The lowest BCUT2D eigenvalue weighted by atomic mass is 9.94. The summed E-state index contributed by atoms with van der Waals surface area (Å²) in [5, 5.41) is 12.8. The predicted molar refractivity (Wildman–Crippen MR) is 235 cm³/mol. The lowest BCUT2D eigenvalue weighted by Crippen LogP contribution is -2.10. The van der Waals surface area contributed by atoms with Crippen molar-refractivity contribution in [3.63, 3.8) is 0 Å². The lowest BCUT2D eigenvalue weighted by Gasteiger charge is -2.27. The molecule has 0 atom stereocenters. The second-order valence-corrected chi connectivity index (χ2v) is 15.2. The van der Waals surface area contributed by atoms with Crippen LogP contribution < -0.4 is 4.90 Å². The first-order valence-corrected chi connectivity index (χ1v) is 19.3. The summed E-state index contributed by atoms with van der Waals surface area (Å²) < 4.78 is 2.64. The fourth-order valence-electron chi connectivity index (χ4n) is 8.35. The SMILES string of the molecule is c1ccc(-c2ccc(N(c3ccc(-c4ccc5c(ccc6ccc7ccccc7c65)c4)cc3)c3cccc4cc5sc6ccccc6c5cc34)cc2)cc1. The zero-order valence-corrected chi connectivity index (χ0v) is 30.2. The van der Waals surface area contributed by atoms with Gasteiger partial charge in [-0.1, -0.05) is 146 Å². The third kappa shape index (κ3) is 5.07. The van der Waals surface area contributed by atoms with E-state index in [-0.39, 0.29) is 0 Å². The van der Waals surface area contributed by atoms with Gasteiger partial charge in [0.25, 0.3) is 0 Å². The van der Waals surface area contributed by atoms with Crippen molar-refractivity contribution >= 4 is 91.7 Å². The van der Waals surface area contributed by atoms with Crippen molar-refractivity contribution in [2.24, 2.45) is 0 Å². The van der Waals surface area contributed by atoms with Crippen LogP contribution in [0.2, 0.25) is 0 Å². The molecule has 11 aromatic rings. The van der Waals surface area contributed by atoms with Crippen molar-refractivity contribution in [2.45, 2.75) is 0 Å². The first-order chi connectivity index (χ1) is 26.7. The van der Waals surface area contributed by atoms with Crippen LogP contribution >= 0.6 is 11.3 Å². The van der Waals surface area contributed by atoms with E-state index in [1.807, 2.05) is 11.3 Å². The van der Waals surface area contributed by atoms with Crippen LogP contribution in [-0.4, -0.2) is 0 Å². The van der Waals surface area contributed by atoms with Crippen molar-refractivity contribution in [1.29, 1.82) is 0 Å². The van der Waals surface area contributed by atoms with E-state index in [4.69, 9.17) is 0 Å². The van der Waals surface area contributed by atoms with Crippen LogP contribution in [0.25, 0.3) is 85.5 Å². The average Bonchev–Trinajstić information content (AvgIpc) is 3.61. The number of hydrogen-bond donors (Lipinski definition) is 0. The standard InChI is InChI=1S/C52H33NS/c1-2-9-34(10-3-1)35-21-26-42(27-22-35)53(49-15-8-12-40-32-51-48(33-47(40)49)46-14-6-7-16-50(46)54-51)43-28-23-36(24-29-43)39-25-30-45-41(31-39)20-19-38-18-17-37-11-4-5-13-44(37)52(38)45/h1-33H. The van der Waals surface area contributed by atoms with Crippen molar-refractivity contribution in [2.75, 3.05) is 4.90 Å². The van der Waals surface area contributed by atoms with Crippen LogP contribution in [0.15, 0.2) is 200 Å². The van der Waals surface area contributed by atoms with E-state index in [0.29, 0.717) is 0 Å². The average molecular weight is 704 g/mol. The second-order valence-electron chi connectivity index (χ2n) is 14.1. The second kappa shape index (κ2) is 12.4. The van der Waals surface area contributed by atoms with Gasteiger partial charge in [-0.15, -0.1) is 11.3 Å². The van der Waals surface area contributed by atoms with Gasteiger partial charge in [0.05, 0.1) is 5.69 Å². The Balaban J connectivity index is 1.04. The Labute approximate surface area is 317 Å². The minimum Gasteiger partial charge on any atom is -0.310 e. The maximum atomic E-state index is 2.42. The molecule has 0 aliphatic carbocycles. The smallest absolute Gasteiger partial charge is 0.0540 e. The largest absolute Gasteiger partial charge is 0.310 e. The highest BCUT2D eigenvalue weighted by Crippen LogP contribution is 2.44. The van der Waals surface area contributed by atoms with Crippen LogP contribution in [0.1, 0.15) is 0 Å². The number of hydrogen-bond acceptors (Lipinski definition) is 2. The van der Waals surface area contributed by atoms with Gasteiger partial charge < -0.3 is 4.90 Å². The first kappa shape index (κ1) is 30.8. The minimum absolute atomic E-state index is 1.12. The molecule has 2 heteroatoms. The summed E-state index contributed by atoms with van der Waals surface area (Å²) in [4.78, 5) is 2.42. The van der Waals surface area contributed by atoms with Crippen LogP contribution in [-0.2, 0) is 0 Å². The van der Waals surface area contributed by atoms with Gasteiger partial charge in [-0.05, 0) is 115 Å². The number of benzene rings is 10. The maximum absolute atomic E-state index is 2.42. The number of rotatable bonds is 5. The van der Waals surface area contributed by atoms with E-state index in [2.05, 4.69) is 205 Å². The Hall–Kier alpha value is -6.74. The molecule has 1 nitrogen and oxygen atoms in total. The summed E-state index contributed by atoms with van der Waals surface area (Å²) in [7, 11) is 0. The molecular weight excluding hydrogens is 671 g/mol. The van der Waals surface area contributed by atoms with Crippen molar-refractivity contribution in [3.8, 4) is 22.3 Å². The zero-order chi connectivity index (χ0) is 35.6. The summed E-state index contributed by atoms with van der Waals surface area (Å²) >= 11 is 1.87. The normalized spacial score (nSPS) is 11.7. The van der Waals surface area contributed by atoms with Gasteiger partial charge in [-0.25, -0.2) is 0 Å². The van der Waals surface area contributed by atoms with Crippen molar-refractivity contribution in [1.82, 2.24) is 0 Å². The van der Waals surface area contributed by atoms with Gasteiger partial charge >= 0.3 is 0 Å². The molecule has 0 aliphatic heterocycles. The Morgan fingerprint density at radius 3 is 1.67 bits per heavy atom. The molecule has 54 heavy (non-hydrogen) atoms. The third-order valence-corrected chi connectivity index (χ3v) is 12.1. The summed E-state index contributed by atoms with van der Waals surface area (Å²) in [5.41, 5.74) is 8.23. The van der Waals surface area contributed by atoms with E-state index >= 15 is 0 Å². The number of fused-ring (bicyclic) bond motifs is 9. The molecule has 0 radical (unpaired) electrons. The molecule has 0 N–H and O–H groups in total. The molecule has 0 saturated carbocycles. The summed E-state index contributed by atoms with van der Waals surface area (Å²) in [6.07, 6.45) is 0. The molecule has 0 fully saturated rings. The highest BCUT2D eigenvalue weighted by Gasteiger charge is 2.18. The highest BCUT2D eigenvalue weighted by molar-refractivity contribution is 7.25. The Kier molecular flexibility index (Phi) is 7.11. The van der Waals surface area contributed by atoms with E-state index in [1.165, 1.54) is 85.5 Å². The van der Waals surface area contributed by atoms with Gasteiger partial charge in [0, 0.05) is 36.9 Å². The minimum atomic E-state index is 1.12. The molecule has 0 spiro atoms. The van der Waals surface area contributed by atoms with Gasteiger partial charge in [-0.2, -0.15) is 0 Å². The fraction of sp³-hybridized carbons (Fsp3) is 0. The van der Waals surface area contributed by atoms with Crippen molar-refractivity contribution < 1.29 is 0 Å². The third-order valence-electron chi connectivity index (χ3n) is 11.0. The first-order valence-electron chi connectivity index (χ1n) is 18.5. The molecule has 1 heterocycles. The van der Waals surface area contributed by atoms with Gasteiger partial charge in [-0.3, -0.25) is 0 Å². The maximum Gasteiger partial charge on any atom is 0.0540 e. The molecule has 10 aromatic carbocycles. The molecule has 252 valence electrons. The molecule has 11 rings (SSSR count). The quantitative estimate of drug-likeness (QED) is 0.161. The van der Waals surface area contributed by atoms with Crippen LogP contribution in [0.3, 0.4) is 0 Å². The monoisotopic (exact) mass is 703 g/mol. The zero-order valence-electron chi connectivity index (χ0n) is 29.4. The molecule has 0 bridgehead atoms. The molecule has 0 saturated heterocycles. The molecule has 0 unspecified atom stereocenters. The van der Waals surface area contributed by atoms with E-state index < -0.39 is 0 Å². The molecular formula is C52H33NS. The number of nitrogens with zero attached hydrogens (tertiary/aromatic N) is 1. The van der Waals surface area contributed by atoms with Crippen LogP contribution in [0.4, 0.5) is 17.1 Å². The van der Waals surface area contributed by atoms with E-state index in [0.717, 1.165) is 17.1 Å². The van der Waals surface area contributed by atoms with Gasteiger partial charge in [0.1, 0.15) is 0 Å². The molecule has 1 aromatic heterocycles. The topological polar surface area (TPSA) is 3.24 Å². The van der Waals surface area contributed by atoms with Crippen LogP contribution in [0.5, 0.6) is 0 Å². The highest BCUT2D eigenvalue weighted by atomic mass is 32.1. The fourth-order valence-corrected chi connectivity index (χ4v) is 9.49. The van der Waals surface area contributed by atoms with Crippen molar-refractivity contribution in [3.05, 3.63) is 200 Å². The Morgan fingerprint density at radius 1 is 0.296 bits per heavy atom. The number of anilines is 3. The van der Waals surface area contributed by atoms with Gasteiger partial charge in [0.2, 0.25) is 0 Å². The van der Waals surface area contributed by atoms with Gasteiger partial charge in [0.15, 0.2) is 0 Å². The lowest BCUT2D eigenvalue weighted by molar-refractivity contribution is 1.30. The van der Waals surface area contributed by atoms with E-state index in [9.17, 15) is 0 Å². The Morgan fingerprint density at radius 2 is 0.870 bits per heavy atom. The molecule has 0 amide bonds. The Bertz CT molecular complexity index is 3190. The number of thiophene rings is 1. The van der Waals surface area contributed by atoms with Crippen LogP contribution in [0, 0.1) is 0 Å². The summed E-state index contributed by atoms with van der Waals surface area (Å²) in [6.45, 7) is 0. The summed E-state index contributed by atoms with van der Waals surface area (Å²) in [5.74, 6) is 0. The predicted octanol–water partition coefficient (Wildman–Crippen LogP) is 15.5.